The highest BCUT2D eigenvalue weighted by molar-refractivity contribution is 6.02. The van der Waals surface area contributed by atoms with E-state index in [0.29, 0.717) is 5.69 Å². The molecule has 1 unspecified atom stereocenters. The monoisotopic (exact) mass is 676 g/mol. The smallest absolute Gasteiger partial charge is 0.323 e. The minimum Gasteiger partial charge on any atom is -0.370 e. The van der Waals surface area contributed by atoms with Crippen molar-refractivity contribution in [3.63, 3.8) is 0 Å². The van der Waals surface area contributed by atoms with Crippen LogP contribution in [0, 0.1) is 0 Å². The third-order valence-electron chi connectivity index (χ3n) is 7.56. The largest absolute Gasteiger partial charge is 0.370 e. The van der Waals surface area contributed by atoms with E-state index in [0.717, 1.165) is 17.3 Å². The first kappa shape index (κ1) is 35.8. The third-order valence-corrected chi connectivity index (χ3v) is 7.56. The van der Waals surface area contributed by atoms with Gasteiger partial charge in [0.25, 0.3) is 5.91 Å². The molecule has 18 nitrogen and oxygen atoms in total. The zero-order chi connectivity index (χ0) is 35.5. The molecule has 18 heteroatoms. The lowest BCUT2D eigenvalue weighted by molar-refractivity contribution is -0.132. The summed E-state index contributed by atoms with van der Waals surface area (Å²) in [5.41, 5.74) is 19.3. The molecule has 14 N–H and O–H groups in total. The van der Waals surface area contributed by atoms with Gasteiger partial charge in [0.2, 0.25) is 23.6 Å². The van der Waals surface area contributed by atoms with Gasteiger partial charge in [-0.2, -0.15) is 0 Å². The molecule has 49 heavy (non-hydrogen) atoms. The summed E-state index contributed by atoms with van der Waals surface area (Å²) >= 11 is 0. The standard InChI is InChI=1S/C31H40N12O6/c1-16-25(44)40-22(13-32)27(46)41-23(15-37-31(49)39-19-9-5-8-18(12-19)17-6-3-2-4-7-17)28(47)43-24(21-10-11-35-30(34)42-21)29(48)36-14-20(33)26(45)38-16/h2-9,12,15-16,20-22,24H,10-11,13-14,32-33H2,1H3,(H,36,48)(H,38,45)(H,40,44)(H,41,46)(H,43,47)(H3,34,35,42)(H2,37,39,49)/t16-,20-,21?,22-,24-/m0/s1. The molecule has 0 radical (unpaired) electrons. The Balaban J connectivity index is 1.61. The van der Waals surface area contributed by atoms with Crippen LogP contribution in [0.1, 0.15) is 13.3 Å². The van der Waals surface area contributed by atoms with E-state index in [1.807, 2.05) is 36.4 Å². The van der Waals surface area contributed by atoms with Gasteiger partial charge in [-0.1, -0.05) is 42.5 Å². The van der Waals surface area contributed by atoms with Gasteiger partial charge in [-0.15, -0.1) is 0 Å². The summed E-state index contributed by atoms with van der Waals surface area (Å²) in [4.78, 5) is 82.7. The van der Waals surface area contributed by atoms with Gasteiger partial charge < -0.3 is 59.7 Å². The van der Waals surface area contributed by atoms with E-state index in [1.165, 1.54) is 6.92 Å². The van der Waals surface area contributed by atoms with Crippen LogP contribution in [0.15, 0.2) is 71.5 Å². The molecule has 1 fully saturated rings. The number of benzene rings is 2. The Labute approximate surface area is 281 Å². The molecule has 2 heterocycles. The van der Waals surface area contributed by atoms with Gasteiger partial charge in [0.1, 0.15) is 29.9 Å². The molecule has 0 spiro atoms. The number of urea groups is 1. The van der Waals surface area contributed by atoms with Crippen molar-refractivity contribution < 1.29 is 28.8 Å². The number of anilines is 1. The van der Waals surface area contributed by atoms with Gasteiger partial charge in [0, 0.05) is 31.5 Å². The quantitative estimate of drug-likeness (QED) is 0.143. The van der Waals surface area contributed by atoms with Crippen LogP contribution in [0.25, 0.3) is 11.1 Å². The predicted octanol–water partition coefficient (Wildman–Crippen LogP) is -3.00. The van der Waals surface area contributed by atoms with Crippen LogP contribution in [0.4, 0.5) is 10.5 Å². The van der Waals surface area contributed by atoms with Crippen molar-refractivity contribution in [1.82, 2.24) is 37.2 Å². The normalized spacial score (nSPS) is 25.0. The first-order valence-corrected chi connectivity index (χ1v) is 15.4. The van der Waals surface area contributed by atoms with Gasteiger partial charge in [0.15, 0.2) is 5.96 Å². The molecule has 0 saturated carbocycles. The number of hydrogen-bond acceptors (Lipinski definition) is 11. The van der Waals surface area contributed by atoms with Crippen molar-refractivity contribution in [3.8, 4) is 11.1 Å². The lowest BCUT2D eigenvalue weighted by Crippen LogP contribution is -2.63. The Morgan fingerprint density at radius 1 is 0.918 bits per heavy atom. The molecule has 0 aliphatic carbocycles. The number of carbonyl (C=O) groups is 6. The Bertz CT molecular complexity index is 1630. The Kier molecular flexibility index (Phi) is 12.2. The van der Waals surface area contributed by atoms with E-state index in [2.05, 4.69) is 47.5 Å². The molecular formula is C31H40N12O6. The van der Waals surface area contributed by atoms with Crippen LogP contribution in [-0.4, -0.2) is 91.4 Å². The molecular weight excluding hydrogens is 636 g/mol. The average molecular weight is 677 g/mol. The summed E-state index contributed by atoms with van der Waals surface area (Å²) in [5, 5.41) is 20.2. The fourth-order valence-electron chi connectivity index (χ4n) is 4.87. The summed E-state index contributed by atoms with van der Waals surface area (Å²) in [6.07, 6.45) is 1.21. The number of guanidine groups is 1. The third kappa shape index (κ3) is 9.99. The predicted molar refractivity (Wildman–Crippen MR) is 180 cm³/mol. The van der Waals surface area contributed by atoms with Crippen molar-refractivity contribution in [2.24, 2.45) is 22.2 Å². The summed E-state index contributed by atoms with van der Waals surface area (Å²) in [7, 11) is 0. The van der Waals surface area contributed by atoms with Crippen LogP contribution < -0.4 is 59.7 Å². The van der Waals surface area contributed by atoms with E-state index in [1.54, 1.807) is 18.2 Å². The SMILES string of the molecule is C[C@@H]1NC(=O)[C@@H](N)CNC(=O)[C@H](C2CCN=C(N)N2)NC(=O)C(=CNC(=O)Nc2cccc(-c3ccccc3)c2)NC(=O)[C@H](CN)NC1=O. The van der Waals surface area contributed by atoms with E-state index in [-0.39, 0.29) is 25.5 Å². The molecule has 2 aliphatic heterocycles. The Morgan fingerprint density at radius 3 is 2.37 bits per heavy atom. The van der Waals surface area contributed by atoms with Crippen molar-refractivity contribution in [3.05, 3.63) is 66.5 Å². The maximum Gasteiger partial charge on any atom is 0.323 e. The second-order valence-corrected chi connectivity index (χ2v) is 11.2. The first-order valence-electron chi connectivity index (χ1n) is 15.4. The highest BCUT2D eigenvalue weighted by Crippen LogP contribution is 2.22. The number of rotatable bonds is 5. The lowest BCUT2D eigenvalue weighted by atomic mass is 10.0. The Hall–Kier alpha value is -6.01. The van der Waals surface area contributed by atoms with E-state index in [9.17, 15) is 28.8 Å². The molecule has 4 rings (SSSR count). The van der Waals surface area contributed by atoms with Crippen molar-refractivity contribution in [2.45, 2.75) is 43.6 Å². The summed E-state index contributed by atoms with van der Waals surface area (Å²) in [6, 6.07) is 9.93. The van der Waals surface area contributed by atoms with Crippen LogP contribution >= 0.6 is 0 Å². The van der Waals surface area contributed by atoms with Crippen LogP contribution in [-0.2, 0) is 24.0 Å². The molecule has 7 amide bonds. The van der Waals surface area contributed by atoms with Crippen molar-refractivity contribution >= 4 is 47.2 Å². The number of amides is 7. The number of nitrogens with zero attached hydrogens (tertiary/aromatic N) is 1. The van der Waals surface area contributed by atoms with Crippen LogP contribution in [0.3, 0.4) is 0 Å². The topological polar surface area (TPSA) is 289 Å². The van der Waals surface area contributed by atoms with E-state index in [4.69, 9.17) is 17.2 Å². The number of carbonyl (C=O) groups excluding carboxylic acids is 6. The zero-order valence-corrected chi connectivity index (χ0v) is 26.6. The van der Waals surface area contributed by atoms with Gasteiger partial charge in [-0.05, 0) is 36.6 Å². The average Bonchev–Trinajstić information content (AvgIpc) is 3.09. The molecule has 1 saturated heterocycles. The highest BCUT2D eigenvalue weighted by atomic mass is 16.2. The molecule has 5 atom stereocenters. The number of hydrogen-bond donors (Lipinski definition) is 11. The molecule has 260 valence electrons. The van der Waals surface area contributed by atoms with Gasteiger partial charge in [0.05, 0.1) is 6.04 Å². The van der Waals surface area contributed by atoms with Crippen molar-refractivity contribution in [2.75, 3.05) is 25.0 Å². The van der Waals surface area contributed by atoms with E-state index < -0.39 is 78.0 Å². The Morgan fingerprint density at radius 2 is 1.65 bits per heavy atom. The molecule has 2 aliphatic rings. The molecule has 2 aromatic carbocycles. The zero-order valence-electron chi connectivity index (χ0n) is 26.6. The molecule has 0 aromatic heterocycles. The summed E-state index contributed by atoms with van der Waals surface area (Å²) in [6.45, 7) is 0.863. The number of aliphatic imine (C=N–C) groups is 1. The number of nitrogens with one attached hydrogen (secondary N) is 8. The molecule has 2 aromatic rings. The fraction of sp³-hybridized carbons (Fsp3) is 0.323. The highest BCUT2D eigenvalue weighted by Gasteiger charge is 2.34. The fourth-order valence-corrected chi connectivity index (χ4v) is 4.87. The second kappa shape index (κ2) is 16.7. The first-order chi connectivity index (χ1) is 23.4. The summed E-state index contributed by atoms with van der Waals surface area (Å²) in [5.74, 6) is -4.14. The van der Waals surface area contributed by atoms with Crippen molar-refractivity contribution in [1.29, 1.82) is 0 Å². The van der Waals surface area contributed by atoms with Gasteiger partial charge in [-0.3, -0.25) is 29.0 Å². The summed E-state index contributed by atoms with van der Waals surface area (Å²) < 4.78 is 0. The molecule has 0 bridgehead atoms. The maximum absolute atomic E-state index is 13.7. The second-order valence-electron chi connectivity index (χ2n) is 11.2. The number of nitrogens with two attached hydrogens (primary N) is 3. The lowest BCUT2D eigenvalue weighted by Gasteiger charge is -2.31. The maximum atomic E-state index is 13.7. The minimum absolute atomic E-state index is 0.0378. The van der Waals surface area contributed by atoms with Crippen LogP contribution in [0.5, 0.6) is 0 Å². The van der Waals surface area contributed by atoms with E-state index >= 15 is 0 Å². The minimum atomic E-state index is -1.37. The van der Waals surface area contributed by atoms with Gasteiger partial charge >= 0.3 is 6.03 Å². The van der Waals surface area contributed by atoms with Gasteiger partial charge in [-0.25, -0.2) is 4.79 Å². The van der Waals surface area contributed by atoms with Crippen LogP contribution in [0.2, 0.25) is 0 Å².